The fourth-order valence-electron chi connectivity index (χ4n) is 1.65. The quantitative estimate of drug-likeness (QED) is 0.477. The van der Waals surface area contributed by atoms with Gasteiger partial charge < -0.3 is 10.4 Å². The van der Waals surface area contributed by atoms with Crippen molar-refractivity contribution in [2.75, 3.05) is 5.32 Å². The number of rotatable bonds is 4. The first-order valence-corrected chi connectivity index (χ1v) is 6.59. The molecular formula is C13H9IN2O4. The SMILES string of the molecule is O=C(O)c1cccc(Nc2ccc(I)cc2[N+](=O)[O-])c1. The van der Waals surface area contributed by atoms with Crippen LogP contribution in [0.3, 0.4) is 0 Å². The molecule has 0 radical (unpaired) electrons. The number of carbonyl (C=O) groups is 1. The number of carboxylic acids is 1. The summed E-state index contributed by atoms with van der Waals surface area (Å²) in [4.78, 5) is 21.4. The lowest BCUT2D eigenvalue weighted by Gasteiger charge is -2.08. The van der Waals surface area contributed by atoms with Crippen LogP contribution in [0.4, 0.5) is 17.1 Å². The molecule has 0 aromatic heterocycles. The van der Waals surface area contributed by atoms with E-state index in [2.05, 4.69) is 5.32 Å². The lowest BCUT2D eigenvalue weighted by molar-refractivity contribution is -0.384. The highest BCUT2D eigenvalue weighted by atomic mass is 127. The van der Waals surface area contributed by atoms with E-state index in [-0.39, 0.29) is 11.3 Å². The third kappa shape index (κ3) is 3.23. The molecule has 20 heavy (non-hydrogen) atoms. The molecule has 0 atom stereocenters. The predicted octanol–water partition coefficient (Wildman–Crippen LogP) is 3.64. The van der Waals surface area contributed by atoms with E-state index >= 15 is 0 Å². The van der Waals surface area contributed by atoms with Gasteiger partial charge in [0.15, 0.2) is 0 Å². The maximum Gasteiger partial charge on any atom is 0.335 e. The zero-order chi connectivity index (χ0) is 14.7. The minimum atomic E-state index is -1.05. The van der Waals surface area contributed by atoms with Gasteiger partial charge in [-0.3, -0.25) is 10.1 Å². The second-order valence-corrected chi connectivity index (χ2v) is 5.18. The Kier molecular flexibility index (Phi) is 4.18. The molecule has 0 heterocycles. The third-order valence-corrected chi connectivity index (χ3v) is 3.22. The Balaban J connectivity index is 2.37. The van der Waals surface area contributed by atoms with Crippen molar-refractivity contribution in [1.29, 1.82) is 0 Å². The van der Waals surface area contributed by atoms with Crippen molar-refractivity contribution in [2.24, 2.45) is 0 Å². The number of nitro groups is 1. The lowest BCUT2D eigenvalue weighted by atomic mass is 10.2. The normalized spacial score (nSPS) is 10.1. The second-order valence-electron chi connectivity index (χ2n) is 3.93. The number of carboxylic acid groups (broad SMARTS) is 1. The Morgan fingerprint density at radius 1 is 1.25 bits per heavy atom. The van der Waals surface area contributed by atoms with Crippen LogP contribution in [0.2, 0.25) is 0 Å². The van der Waals surface area contributed by atoms with Crippen molar-refractivity contribution in [1.82, 2.24) is 0 Å². The predicted molar refractivity (Wildman–Crippen MR) is 82.5 cm³/mol. The summed E-state index contributed by atoms with van der Waals surface area (Å²) < 4.78 is 0.749. The zero-order valence-corrected chi connectivity index (χ0v) is 12.2. The van der Waals surface area contributed by atoms with Gasteiger partial charge in [0.05, 0.1) is 10.5 Å². The summed E-state index contributed by atoms with van der Waals surface area (Å²) in [6.45, 7) is 0. The molecule has 0 aliphatic carbocycles. The van der Waals surface area contributed by atoms with Crippen molar-refractivity contribution in [2.45, 2.75) is 0 Å². The molecule has 0 saturated carbocycles. The Morgan fingerprint density at radius 3 is 2.65 bits per heavy atom. The van der Waals surface area contributed by atoms with Gasteiger partial charge in [0.25, 0.3) is 5.69 Å². The molecule has 0 unspecified atom stereocenters. The number of hydrogen-bond acceptors (Lipinski definition) is 4. The molecule has 0 fully saturated rings. The summed E-state index contributed by atoms with van der Waals surface area (Å²) in [5.74, 6) is -1.05. The molecule has 2 rings (SSSR count). The zero-order valence-electron chi connectivity index (χ0n) is 10.0. The van der Waals surface area contributed by atoms with Gasteiger partial charge in [0, 0.05) is 15.3 Å². The van der Waals surface area contributed by atoms with Crippen LogP contribution in [-0.4, -0.2) is 16.0 Å². The molecule has 0 saturated heterocycles. The molecule has 102 valence electrons. The van der Waals surface area contributed by atoms with Gasteiger partial charge in [-0.1, -0.05) is 6.07 Å². The Labute approximate surface area is 127 Å². The largest absolute Gasteiger partial charge is 0.478 e. The number of halogens is 1. The molecular weight excluding hydrogens is 375 g/mol. The summed E-state index contributed by atoms with van der Waals surface area (Å²) in [6.07, 6.45) is 0. The number of nitrogens with one attached hydrogen (secondary N) is 1. The Morgan fingerprint density at radius 2 is 2.00 bits per heavy atom. The molecule has 2 N–H and O–H groups in total. The van der Waals surface area contributed by atoms with E-state index < -0.39 is 10.9 Å². The second kappa shape index (κ2) is 5.87. The number of benzene rings is 2. The van der Waals surface area contributed by atoms with Crippen molar-refractivity contribution in [3.8, 4) is 0 Å². The average Bonchev–Trinajstić information content (AvgIpc) is 2.41. The van der Waals surface area contributed by atoms with Gasteiger partial charge in [0.2, 0.25) is 0 Å². The third-order valence-electron chi connectivity index (χ3n) is 2.55. The summed E-state index contributed by atoms with van der Waals surface area (Å²) in [6, 6.07) is 10.9. The number of nitrogens with zero attached hydrogens (tertiary/aromatic N) is 1. The van der Waals surface area contributed by atoms with Gasteiger partial charge in [-0.25, -0.2) is 4.79 Å². The molecule has 0 bridgehead atoms. The first kappa shape index (κ1) is 14.3. The maximum absolute atomic E-state index is 11.0. The summed E-state index contributed by atoms with van der Waals surface area (Å²) in [5, 5.41) is 22.8. The number of aromatic carboxylic acids is 1. The first-order chi connectivity index (χ1) is 9.47. The molecule has 2 aromatic rings. The summed E-state index contributed by atoms with van der Waals surface area (Å²) in [5.41, 5.74) is 0.855. The summed E-state index contributed by atoms with van der Waals surface area (Å²) in [7, 11) is 0. The van der Waals surface area contributed by atoms with E-state index in [0.29, 0.717) is 11.4 Å². The molecule has 0 spiro atoms. The van der Waals surface area contributed by atoms with Crippen LogP contribution in [0.25, 0.3) is 0 Å². The van der Waals surface area contributed by atoms with Crippen LogP contribution in [0, 0.1) is 13.7 Å². The molecule has 2 aromatic carbocycles. The number of nitro benzene ring substituents is 1. The van der Waals surface area contributed by atoms with Crippen LogP contribution in [0.5, 0.6) is 0 Å². The van der Waals surface area contributed by atoms with E-state index in [1.807, 2.05) is 22.6 Å². The van der Waals surface area contributed by atoms with E-state index in [0.717, 1.165) is 3.57 Å². The van der Waals surface area contributed by atoms with Crippen molar-refractivity contribution in [3.63, 3.8) is 0 Å². The monoisotopic (exact) mass is 384 g/mol. The molecule has 7 heteroatoms. The topological polar surface area (TPSA) is 92.5 Å². The van der Waals surface area contributed by atoms with E-state index in [1.165, 1.54) is 18.2 Å². The molecule has 0 aliphatic rings. The van der Waals surface area contributed by atoms with Crippen molar-refractivity contribution >= 4 is 45.6 Å². The van der Waals surface area contributed by atoms with Crippen molar-refractivity contribution in [3.05, 3.63) is 61.7 Å². The highest BCUT2D eigenvalue weighted by Crippen LogP contribution is 2.29. The minimum Gasteiger partial charge on any atom is -0.478 e. The van der Waals surface area contributed by atoms with Gasteiger partial charge >= 0.3 is 5.97 Å². The highest BCUT2D eigenvalue weighted by molar-refractivity contribution is 14.1. The van der Waals surface area contributed by atoms with Crippen LogP contribution in [0.1, 0.15) is 10.4 Å². The van der Waals surface area contributed by atoms with Crippen LogP contribution in [-0.2, 0) is 0 Å². The smallest absolute Gasteiger partial charge is 0.335 e. The fraction of sp³-hybridized carbons (Fsp3) is 0. The maximum atomic E-state index is 11.0. The fourth-order valence-corrected chi connectivity index (χ4v) is 2.12. The van der Waals surface area contributed by atoms with Crippen LogP contribution >= 0.6 is 22.6 Å². The van der Waals surface area contributed by atoms with Gasteiger partial charge in [-0.2, -0.15) is 0 Å². The molecule has 0 aliphatic heterocycles. The highest BCUT2D eigenvalue weighted by Gasteiger charge is 2.14. The van der Waals surface area contributed by atoms with E-state index in [1.54, 1.807) is 24.3 Å². The minimum absolute atomic E-state index is 0.0578. The Bertz CT molecular complexity index is 688. The average molecular weight is 384 g/mol. The van der Waals surface area contributed by atoms with Crippen molar-refractivity contribution < 1.29 is 14.8 Å². The molecule has 0 amide bonds. The standard InChI is InChI=1S/C13H9IN2O4/c14-9-4-5-11(12(7-9)16(19)20)15-10-3-1-2-8(6-10)13(17)18/h1-7,15H,(H,17,18). The van der Waals surface area contributed by atoms with E-state index in [9.17, 15) is 14.9 Å². The summed E-state index contributed by atoms with van der Waals surface area (Å²) >= 11 is 1.99. The molecule has 6 nitrogen and oxygen atoms in total. The Hall–Kier alpha value is -2.16. The van der Waals surface area contributed by atoms with E-state index in [4.69, 9.17) is 5.11 Å². The number of hydrogen-bond donors (Lipinski definition) is 2. The lowest BCUT2D eigenvalue weighted by Crippen LogP contribution is -2.00. The first-order valence-electron chi connectivity index (χ1n) is 5.51. The van der Waals surface area contributed by atoms with Crippen LogP contribution < -0.4 is 5.32 Å². The van der Waals surface area contributed by atoms with Crippen LogP contribution in [0.15, 0.2) is 42.5 Å². The van der Waals surface area contributed by atoms with Gasteiger partial charge in [-0.15, -0.1) is 0 Å². The number of anilines is 2. The van der Waals surface area contributed by atoms with Gasteiger partial charge in [-0.05, 0) is 52.9 Å². The van der Waals surface area contributed by atoms with Gasteiger partial charge in [0.1, 0.15) is 5.69 Å².